The highest BCUT2D eigenvalue weighted by Crippen LogP contribution is 2.70. The largest absolute Gasteiger partial charge is 0.495 e. The number of ether oxygens (including phenoxy) is 6. The molecule has 1 aliphatic carbocycles. The standard InChI is InChI=1S/C26H34O9/c1-12-14-11-32-21(29)18(14)20(30-6)13-8-15-23(4)9-17(28)26(31-7)34-22(2,3)25(23,35-26)16(27)10-24(15,5)33-19(12)13/h15-17,27-28H,8-11H2,1-7H3/t15-,16+,17-,23-,24-,25+,26-/m0/s1. The molecule has 0 unspecified atom stereocenters. The van der Waals surface area contributed by atoms with Gasteiger partial charge < -0.3 is 38.6 Å². The van der Waals surface area contributed by atoms with Crippen molar-refractivity contribution in [3.8, 4) is 11.5 Å². The van der Waals surface area contributed by atoms with Crippen LogP contribution in [0.25, 0.3) is 0 Å². The second kappa shape index (κ2) is 6.69. The minimum absolute atomic E-state index is 0.182. The fourth-order valence-electron chi connectivity index (χ4n) is 8.32. The SMILES string of the molecule is COc1c2c(c(C)c3c1C(=O)OC3)O[C@@]1(C)C[C@@H](O)[C@@]34O[C@@](OC)(OC3(C)C)[C@@H](O)C[C@@]4(C)[C@@H]1C2. The van der Waals surface area contributed by atoms with Crippen molar-refractivity contribution in [2.24, 2.45) is 11.3 Å². The average Bonchev–Trinajstić information content (AvgIpc) is 3.27. The van der Waals surface area contributed by atoms with Gasteiger partial charge in [-0.05, 0) is 46.1 Å². The third-order valence-electron chi connectivity index (χ3n) is 9.70. The molecule has 0 radical (unpaired) electrons. The lowest BCUT2D eigenvalue weighted by Gasteiger charge is -2.66. The number of carbonyl (C=O) groups excluding carboxylic acids is 1. The fraction of sp³-hybridized carbons (Fsp3) is 0.731. The van der Waals surface area contributed by atoms with Crippen molar-refractivity contribution in [3.05, 3.63) is 22.3 Å². The molecule has 2 bridgehead atoms. The van der Waals surface area contributed by atoms with Crippen molar-refractivity contribution >= 4 is 5.97 Å². The maximum Gasteiger partial charge on any atom is 0.342 e. The number of esters is 1. The molecule has 1 spiro atoms. The highest BCUT2D eigenvalue weighted by atomic mass is 16.9. The van der Waals surface area contributed by atoms with E-state index in [1.165, 1.54) is 7.11 Å². The highest BCUT2D eigenvalue weighted by Gasteiger charge is 2.82. The summed E-state index contributed by atoms with van der Waals surface area (Å²) >= 11 is 0. The summed E-state index contributed by atoms with van der Waals surface area (Å²) in [5.74, 6) is -1.11. The Morgan fingerprint density at radius 3 is 2.37 bits per heavy atom. The van der Waals surface area contributed by atoms with Crippen LogP contribution in [0.1, 0.15) is 67.6 Å². The molecule has 2 N–H and O–H groups in total. The van der Waals surface area contributed by atoms with E-state index in [-0.39, 0.29) is 18.9 Å². The summed E-state index contributed by atoms with van der Waals surface area (Å²) in [4.78, 5) is 12.6. The van der Waals surface area contributed by atoms with Gasteiger partial charge in [0.1, 0.15) is 46.6 Å². The van der Waals surface area contributed by atoms with E-state index < -0.39 is 46.4 Å². The number of hydrogen-bond acceptors (Lipinski definition) is 9. The number of cyclic esters (lactones) is 1. The first kappa shape index (κ1) is 23.5. The van der Waals surface area contributed by atoms with E-state index >= 15 is 0 Å². The van der Waals surface area contributed by atoms with E-state index in [1.54, 1.807) is 7.11 Å². The van der Waals surface area contributed by atoms with Crippen LogP contribution in [-0.4, -0.2) is 65.4 Å². The summed E-state index contributed by atoms with van der Waals surface area (Å²) in [5.41, 5.74) is -0.813. The van der Waals surface area contributed by atoms with E-state index in [9.17, 15) is 15.0 Å². The van der Waals surface area contributed by atoms with Crippen LogP contribution >= 0.6 is 0 Å². The highest BCUT2D eigenvalue weighted by molar-refractivity contribution is 5.98. The third-order valence-corrected chi connectivity index (χ3v) is 9.70. The zero-order chi connectivity index (χ0) is 25.3. The fourth-order valence-corrected chi connectivity index (χ4v) is 8.32. The number of methoxy groups -OCH3 is 2. The lowest BCUT2D eigenvalue weighted by atomic mass is 9.45. The van der Waals surface area contributed by atoms with Gasteiger partial charge in [0.2, 0.25) is 0 Å². The number of rotatable bonds is 2. The molecule has 4 heterocycles. The number of hydrogen-bond donors (Lipinski definition) is 2. The quantitative estimate of drug-likeness (QED) is 0.603. The minimum Gasteiger partial charge on any atom is -0.495 e. The predicted octanol–water partition coefficient (Wildman–Crippen LogP) is 2.38. The van der Waals surface area contributed by atoms with Gasteiger partial charge in [0.05, 0.1) is 13.2 Å². The molecular weight excluding hydrogens is 456 g/mol. The van der Waals surface area contributed by atoms with Crippen molar-refractivity contribution in [1.82, 2.24) is 0 Å². The Morgan fingerprint density at radius 2 is 1.71 bits per heavy atom. The first-order chi connectivity index (χ1) is 16.3. The van der Waals surface area contributed by atoms with Crippen LogP contribution in [0.3, 0.4) is 0 Å². The van der Waals surface area contributed by atoms with Gasteiger partial charge in [-0.25, -0.2) is 4.79 Å². The van der Waals surface area contributed by atoms with Crippen molar-refractivity contribution < 1.29 is 43.4 Å². The van der Waals surface area contributed by atoms with Crippen LogP contribution in [0.2, 0.25) is 0 Å². The summed E-state index contributed by atoms with van der Waals surface area (Å²) in [5, 5.41) is 23.0. The monoisotopic (exact) mass is 490 g/mol. The molecule has 192 valence electrons. The summed E-state index contributed by atoms with van der Waals surface area (Å²) < 4.78 is 36.3. The third kappa shape index (κ3) is 2.44. The van der Waals surface area contributed by atoms with Gasteiger partial charge in [-0.3, -0.25) is 0 Å². The Hall–Kier alpha value is -1.91. The Kier molecular flexibility index (Phi) is 4.49. The van der Waals surface area contributed by atoms with E-state index in [0.717, 1.165) is 16.7 Å². The molecule has 7 atom stereocenters. The molecular formula is C26H34O9. The molecule has 6 rings (SSSR count). The van der Waals surface area contributed by atoms with Gasteiger partial charge >= 0.3 is 11.9 Å². The number of fused-ring (bicyclic) bond motifs is 5. The smallest absolute Gasteiger partial charge is 0.342 e. The van der Waals surface area contributed by atoms with Gasteiger partial charge in [0.25, 0.3) is 0 Å². The topological polar surface area (TPSA) is 113 Å². The number of carbonyl (C=O) groups is 1. The molecule has 0 aromatic heterocycles. The van der Waals surface area contributed by atoms with Crippen molar-refractivity contribution in [1.29, 1.82) is 0 Å². The van der Waals surface area contributed by atoms with E-state index in [2.05, 4.69) is 0 Å². The van der Waals surface area contributed by atoms with E-state index in [4.69, 9.17) is 28.4 Å². The van der Waals surface area contributed by atoms with Gasteiger partial charge in [-0.15, -0.1) is 0 Å². The van der Waals surface area contributed by atoms with Gasteiger partial charge in [0, 0.05) is 36.0 Å². The van der Waals surface area contributed by atoms with Crippen LogP contribution < -0.4 is 9.47 Å². The molecule has 35 heavy (non-hydrogen) atoms. The van der Waals surface area contributed by atoms with Gasteiger partial charge in [0.15, 0.2) is 0 Å². The summed E-state index contributed by atoms with van der Waals surface area (Å²) in [7, 11) is 2.99. The van der Waals surface area contributed by atoms with Crippen molar-refractivity contribution in [3.63, 3.8) is 0 Å². The molecule has 5 aliphatic rings. The second-order valence-electron chi connectivity index (χ2n) is 11.7. The molecule has 9 nitrogen and oxygen atoms in total. The maximum atomic E-state index is 12.6. The Labute approximate surface area is 204 Å². The Morgan fingerprint density at radius 1 is 1.00 bits per heavy atom. The first-order valence-corrected chi connectivity index (χ1v) is 12.2. The summed E-state index contributed by atoms with van der Waals surface area (Å²) in [6.07, 6.45) is -0.954. The minimum atomic E-state index is -1.65. The van der Waals surface area contributed by atoms with Crippen molar-refractivity contribution in [2.45, 2.75) is 95.5 Å². The number of benzene rings is 1. The van der Waals surface area contributed by atoms with Crippen LogP contribution in [-0.2, 0) is 32.0 Å². The second-order valence-corrected chi connectivity index (χ2v) is 11.7. The molecule has 1 aromatic carbocycles. The Bertz CT molecular complexity index is 1150. The van der Waals surface area contributed by atoms with Crippen LogP contribution in [0.4, 0.5) is 0 Å². The lowest BCUT2D eigenvalue weighted by molar-refractivity contribution is -0.423. The molecule has 9 heteroatoms. The van der Waals surface area contributed by atoms with Crippen LogP contribution in [0.5, 0.6) is 11.5 Å². The van der Waals surface area contributed by atoms with Gasteiger partial charge in [-0.1, -0.05) is 6.92 Å². The molecule has 1 aromatic rings. The first-order valence-electron chi connectivity index (χ1n) is 12.2. The molecule has 1 saturated carbocycles. The number of aliphatic hydroxyl groups excluding tert-OH is 2. The zero-order valence-corrected chi connectivity index (χ0v) is 21.3. The van der Waals surface area contributed by atoms with Crippen molar-refractivity contribution in [2.75, 3.05) is 14.2 Å². The summed E-state index contributed by atoms with van der Waals surface area (Å²) in [6, 6.07) is 0. The summed E-state index contributed by atoms with van der Waals surface area (Å²) in [6.45, 7) is 9.91. The lowest BCUT2D eigenvalue weighted by Crippen LogP contribution is -2.78. The molecule has 4 aliphatic heterocycles. The predicted molar refractivity (Wildman–Crippen MR) is 121 cm³/mol. The molecule has 0 amide bonds. The zero-order valence-electron chi connectivity index (χ0n) is 21.3. The molecule has 3 fully saturated rings. The van der Waals surface area contributed by atoms with Crippen LogP contribution in [0.15, 0.2) is 0 Å². The van der Waals surface area contributed by atoms with Crippen LogP contribution in [0, 0.1) is 18.3 Å². The van der Waals surface area contributed by atoms with E-state index in [1.807, 2.05) is 34.6 Å². The normalized spacial score (nSPS) is 44.5. The Balaban J connectivity index is 1.57. The van der Waals surface area contributed by atoms with Gasteiger partial charge in [-0.2, -0.15) is 0 Å². The molecule has 2 saturated heterocycles. The number of aliphatic hydroxyl groups is 2. The van der Waals surface area contributed by atoms with E-state index in [0.29, 0.717) is 29.9 Å². The maximum absolute atomic E-state index is 12.6. The average molecular weight is 491 g/mol.